The van der Waals surface area contributed by atoms with Crippen molar-refractivity contribution in [2.75, 3.05) is 17.7 Å². The molecule has 3 atom stereocenters. The zero-order valence-electron chi connectivity index (χ0n) is 16.9. The molecule has 1 amide bonds. The molecule has 0 bridgehead atoms. The number of hydrogen-bond acceptors (Lipinski definition) is 8. The van der Waals surface area contributed by atoms with Crippen molar-refractivity contribution in [1.82, 2.24) is 9.97 Å². The molecule has 2 aromatic rings. The normalized spacial score (nSPS) is 25.1. The molecule has 1 aromatic carbocycles. The summed E-state index contributed by atoms with van der Waals surface area (Å²) in [6.07, 6.45) is 2.24. The quantitative estimate of drug-likeness (QED) is 0.695. The zero-order valence-corrected chi connectivity index (χ0v) is 17.7. The molecule has 0 saturated carbocycles. The molecule has 8 nitrogen and oxygen atoms in total. The van der Waals surface area contributed by atoms with Gasteiger partial charge in [-0.1, -0.05) is 11.8 Å². The number of aliphatic imine (C=N–C) groups is 1. The highest BCUT2D eigenvalue weighted by atomic mass is 32.2. The first kappa shape index (κ1) is 22.3. The van der Waals surface area contributed by atoms with Crippen molar-refractivity contribution in [1.29, 1.82) is 0 Å². The number of anilines is 1. The van der Waals surface area contributed by atoms with E-state index >= 15 is 4.39 Å². The molecular formula is C20H20F3N5O3S. The van der Waals surface area contributed by atoms with Gasteiger partial charge in [0.05, 0.1) is 24.0 Å². The second kappa shape index (κ2) is 8.94. The second-order valence-corrected chi connectivity index (χ2v) is 8.43. The van der Waals surface area contributed by atoms with Gasteiger partial charge in [0.15, 0.2) is 5.17 Å². The smallest absolute Gasteiger partial charge is 0.388 e. The summed E-state index contributed by atoms with van der Waals surface area (Å²) in [5.74, 6) is -0.976. The van der Waals surface area contributed by atoms with Gasteiger partial charge in [-0.3, -0.25) is 9.79 Å². The van der Waals surface area contributed by atoms with E-state index in [4.69, 9.17) is 10.5 Å². The molecule has 4 rings (SSSR count). The zero-order chi connectivity index (χ0) is 22.9. The minimum Gasteiger partial charge on any atom is -0.415 e. The van der Waals surface area contributed by atoms with Gasteiger partial charge in [0.2, 0.25) is 5.88 Å². The highest BCUT2D eigenvalue weighted by Crippen LogP contribution is 2.48. The van der Waals surface area contributed by atoms with E-state index in [0.717, 1.165) is 12.4 Å². The summed E-state index contributed by atoms with van der Waals surface area (Å²) >= 11 is 1.41. The van der Waals surface area contributed by atoms with Crippen LogP contribution in [-0.4, -0.2) is 46.1 Å². The maximum Gasteiger partial charge on any atom is 0.388 e. The number of nitrogens with zero attached hydrogens (tertiary/aromatic N) is 3. The van der Waals surface area contributed by atoms with Crippen LogP contribution in [0.4, 0.5) is 18.9 Å². The van der Waals surface area contributed by atoms with Crippen molar-refractivity contribution in [3.63, 3.8) is 0 Å². The molecule has 1 aromatic heterocycles. The molecule has 170 valence electrons. The van der Waals surface area contributed by atoms with E-state index < -0.39 is 29.8 Å². The van der Waals surface area contributed by atoms with Gasteiger partial charge in [0, 0.05) is 35.9 Å². The highest BCUT2D eigenvalue weighted by molar-refractivity contribution is 8.13. The maximum atomic E-state index is 15.0. The minimum absolute atomic E-state index is 0.0951. The van der Waals surface area contributed by atoms with Gasteiger partial charge < -0.3 is 20.5 Å². The lowest BCUT2D eigenvalue weighted by molar-refractivity contribution is -0.0531. The van der Waals surface area contributed by atoms with Crippen molar-refractivity contribution >= 4 is 28.5 Å². The van der Waals surface area contributed by atoms with Crippen LogP contribution in [0.3, 0.4) is 0 Å². The number of rotatable bonds is 5. The van der Waals surface area contributed by atoms with E-state index in [0.29, 0.717) is 35.2 Å². The van der Waals surface area contributed by atoms with Gasteiger partial charge >= 0.3 is 6.61 Å². The Morgan fingerprint density at radius 3 is 2.91 bits per heavy atom. The number of amides is 1. The fourth-order valence-corrected chi connectivity index (χ4v) is 5.14. The van der Waals surface area contributed by atoms with Crippen LogP contribution in [0.25, 0.3) is 0 Å². The predicted molar refractivity (Wildman–Crippen MR) is 112 cm³/mol. The molecule has 2 aliphatic rings. The average Bonchev–Trinajstić information content (AvgIpc) is 2.75. The molecule has 1 fully saturated rings. The Hall–Kier alpha value is -2.86. The van der Waals surface area contributed by atoms with Crippen LogP contribution in [0.1, 0.15) is 29.4 Å². The van der Waals surface area contributed by atoms with Gasteiger partial charge in [0.1, 0.15) is 11.5 Å². The van der Waals surface area contributed by atoms with E-state index in [-0.39, 0.29) is 17.7 Å². The first-order chi connectivity index (χ1) is 15.3. The van der Waals surface area contributed by atoms with Crippen LogP contribution in [0.5, 0.6) is 5.88 Å². The number of aromatic nitrogens is 2. The summed E-state index contributed by atoms with van der Waals surface area (Å²) in [6.45, 7) is -0.718. The molecule has 0 radical (unpaired) electrons. The van der Waals surface area contributed by atoms with Crippen LogP contribution >= 0.6 is 11.8 Å². The molecule has 0 unspecified atom stereocenters. The number of ether oxygens (including phenoxy) is 2. The fraction of sp³-hybridized carbons (Fsp3) is 0.400. The van der Waals surface area contributed by atoms with Crippen LogP contribution in [0.2, 0.25) is 0 Å². The first-order valence-electron chi connectivity index (χ1n) is 9.76. The third-order valence-corrected chi connectivity index (χ3v) is 6.44. The number of halogens is 3. The molecule has 3 N–H and O–H groups in total. The summed E-state index contributed by atoms with van der Waals surface area (Å²) in [5.41, 5.74) is 5.63. The lowest BCUT2D eigenvalue weighted by Crippen LogP contribution is -2.50. The standard InChI is InChI=1S/C20H20F3N5O3S/c1-10-13-9-32-19(24)28-20(13,4-5-30-10)12-6-11(2-3-14(12)21)27-17(29)15-7-26-16(8-25-15)31-18(22)23/h2-3,6-8,10,13,18H,4-5,9H2,1H3,(H2,24,28)(H,27,29)/t10-,13-,20-/m1/s1. The number of nitrogens with one attached hydrogen (secondary N) is 1. The molecule has 12 heteroatoms. The summed E-state index contributed by atoms with van der Waals surface area (Å²) in [5, 5.41) is 3.01. The SMILES string of the molecule is C[C@H]1OCC[C@]2(c3cc(NC(=O)c4cnc(OC(F)F)cn4)ccc3F)N=C(N)SC[C@H]12. The van der Waals surface area contributed by atoms with Crippen LogP contribution in [-0.2, 0) is 10.3 Å². The summed E-state index contributed by atoms with van der Waals surface area (Å²) in [7, 11) is 0. The number of amidine groups is 1. The van der Waals surface area contributed by atoms with Gasteiger partial charge in [0.25, 0.3) is 5.91 Å². The van der Waals surface area contributed by atoms with Crippen molar-refractivity contribution in [2.45, 2.75) is 31.6 Å². The number of benzene rings is 1. The highest BCUT2D eigenvalue weighted by Gasteiger charge is 2.49. The molecule has 1 saturated heterocycles. The van der Waals surface area contributed by atoms with Crippen LogP contribution < -0.4 is 15.8 Å². The lowest BCUT2D eigenvalue weighted by atomic mass is 9.72. The van der Waals surface area contributed by atoms with Gasteiger partial charge in [-0.25, -0.2) is 14.4 Å². The first-order valence-corrected chi connectivity index (χ1v) is 10.7. The number of carbonyl (C=O) groups excluding carboxylic acids is 1. The Labute approximate surface area is 185 Å². The maximum absolute atomic E-state index is 15.0. The second-order valence-electron chi connectivity index (χ2n) is 7.38. The van der Waals surface area contributed by atoms with Gasteiger partial charge in [-0.15, -0.1) is 0 Å². The van der Waals surface area contributed by atoms with Crippen molar-refractivity contribution in [2.24, 2.45) is 16.6 Å². The van der Waals surface area contributed by atoms with E-state index in [1.165, 1.54) is 30.0 Å². The lowest BCUT2D eigenvalue weighted by Gasteiger charge is -2.47. The van der Waals surface area contributed by atoms with Gasteiger partial charge in [-0.2, -0.15) is 8.78 Å². The number of nitrogens with two attached hydrogens (primary N) is 1. The topological polar surface area (TPSA) is 112 Å². The Balaban J connectivity index is 1.61. The van der Waals surface area contributed by atoms with Crippen molar-refractivity contribution < 1.29 is 27.4 Å². The van der Waals surface area contributed by atoms with Gasteiger partial charge in [-0.05, 0) is 25.1 Å². The Morgan fingerprint density at radius 1 is 1.38 bits per heavy atom. The Morgan fingerprint density at radius 2 is 2.19 bits per heavy atom. The predicted octanol–water partition coefficient (Wildman–Crippen LogP) is 3.15. The average molecular weight is 467 g/mol. The molecule has 0 spiro atoms. The summed E-state index contributed by atoms with van der Waals surface area (Å²) < 4.78 is 49.4. The Kier molecular flexibility index (Phi) is 6.24. The monoisotopic (exact) mass is 467 g/mol. The van der Waals surface area contributed by atoms with Crippen LogP contribution in [0.15, 0.2) is 35.6 Å². The summed E-state index contributed by atoms with van der Waals surface area (Å²) in [6, 6.07) is 4.21. The van der Waals surface area contributed by atoms with Crippen LogP contribution in [0, 0.1) is 11.7 Å². The number of carbonyl (C=O) groups is 1. The van der Waals surface area contributed by atoms with E-state index in [1.807, 2.05) is 6.92 Å². The molecular weight excluding hydrogens is 447 g/mol. The number of hydrogen-bond donors (Lipinski definition) is 2. The third-order valence-electron chi connectivity index (χ3n) is 5.53. The van der Waals surface area contributed by atoms with E-state index in [1.54, 1.807) is 0 Å². The van der Waals surface area contributed by atoms with Crippen molar-refractivity contribution in [3.05, 3.63) is 47.7 Å². The number of thioether (sulfide) groups is 1. The fourth-order valence-electron chi connectivity index (χ4n) is 4.02. The molecule has 32 heavy (non-hydrogen) atoms. The van der Waals surface area contributed by atoms with E-state index in [2.05, 4.69) is 25.0 Å². The molecule has 3 heterocycles. The minimum atomic E-state index is -3.05. The van der Waals surface area contributed by atoms with E-state index in [9.17, 15) is 13.6 Å². The number of fused-ring (bicyclic) bond motifs is 1. The number of alkyl halides is 2. The van der Waals surface area contributed by atoms with Crippen molar-refractivity contribution in [3.8, 4) is 5.88 Å². The summed E-state index contributed by atoms with van der Waals surface area (Å²) in [4.78, 5) is 24.6. The molecule has 0 aliphatic carbocycles. The molecule has 2 aliphatic heterocycles. The third kappa shape index (κ3) is 4.37. The largest absolute Gasteiger partial charge is 0.415 e. The Bertz CT molecular complexity index is 1040.